The van der Waals surface area contributed by atoms with Crippen LogP contribution < -0.4 is 11.3 Å². The molecule has 86 valence electrons. The third-order valence-electron chi connectivity index (χ3n) is 3.32. The molecule has 0 saturated heterocycles. The molecule has 2 rings (SSSR count). The molecule has 16 heavy (non-hydrogen) atoms. The first-order chi connectivity index (χ1) is 7.72. The maximum atomic E-state index is 5.66. The lowest BCUT2D eigenvalue weighted by atomic mass is 9.92. The second-order valence-electron chi connectivity index (χ2n) is 4.78. The second kappa shape index (κ2) is 4.81. The van der Waals surface area contributed by atoms with Gasteiger partial charge >= 0.3 is 0 Å². The Balaban J connectivity index is 2.26. The fourth-order valence-electron chi connectivity index (χ4n) is 2.60. The van der Waals surface area contributed by atoms with Crippen LogP contribution in [0.5, 0.6) is 0 Å². The largest absolute Gasteiger partial charge is 0.271 e. The number of nitrogens with two attached hydrogens (primary N) is 1. The van der Waals surface area contributed by atoms with Crippen LogP contribution in [0, 0.1) is 0 Å². The average molecular weight is 216 g/mol. The zero-order chi connectivity index (χ0) is 11.5. The Morgan fingerprint density at radius 2 is 2.19 bits per heavy atom. The van der Waals surface area contributed by atoms with E-state index in [-0.39, 0.29) is 6.04 Å². The molecule has 0 aromatic heterocycles. The Morgan fingerprint density at radius 3 is 2.88 bits per heavy atom. The highest BCUT2D eigenvalue weighted by molar-refractivity contribution is 5.37. The number of benzene rings is 1. The van der Waals surface area contributed by atoms with Gasteiger partial charge in [0.25, 0.3) is 0 Å². The number of allylic oxidation sites excluding steroid dienone is 1. The van der Waals surface area contributed by atoms with Crippen molar-refractivity contribution in [2.45, 2.75) is 38.6 Å². The standard InChI is InChI=1S/C14H20N2/c1-10(2)9-14(16-15)13-8-7-11-5-3-4-6-12(11)13/h3-6,9,13-14,16H,7-8,15H2,1-2H3. The number of rotatable bonds is 3. The minimum atomic E-state index is 0.258. The van der Waals surface area contributed by atoms with Gasteiger partial charge in [-0.3, -0.25) is 11.3 Å². The summed E-state index contributed by atoms with van der Waals surface area (Å²) in [7, 11) is 0. The van der Waals surface area contributed by atoms with Crippen LogP contribution in [0.15, 0.2) is 35.9 Å². The quantitative estimate of drug-likeness (QED) is 0.463. The zero-order valence-corrected chi connectivity index (χ0v) is 10.0. The minimum absolute atomic E-state index is 0.258. The van der Waals surface area contributed by atoms with Crippen molar-refractivity contribution in [3.8, 4) is 0 Å². The minimum Gasteiger partial charge on any atom is -0.271 e. The number of aryl methyl sites for hydroxylation is 1. The van der Waals surface area contributed by atoms with E-state index in [1.165, 1.54) is 29.5 Å². The Hall–Kier alpha value is -1.12. The summed E-state index contributed by atoms with van der Waals surface area (Å²) in [4.78, 5) is 0. The first kappa shape index (κ1) is 11.4. The zero-order valence-electron chi connectivity index (χ0n) is 10.0. The summed E-state index contributed by atoms with van der Waals surface area (Å²) in [6.45, 7) is 4.23. The van der Waals surface area contributed by atoms with Crippen LogP contribution in [0.2, 0.25) is 0 Å². The molecule has 2 atom stereocenters. The molecule has 0 fully saturated rings. The fourth-order valence-corrected chi connectivity index (χ4v) is 2.60. The van der Waals surface area contributed by atoms with Gasteiger partial charge in [-0.2, -0.15) is 0 Å². The van der Waals surface area contributed by atoms with Crippen molar-refractivity contribution in [2.24, 2.45) is 5.84 Å². The van der Waals surface area contributed by atoms with E-state index in [0.717, 1.165) is 0 Å². The average Bonchev–Trinajstić information content (AvgIpc) is 2.69. The van der Waals surface area contributed by atoms with Crippen LogP contribution in [0.1, 0.15) is 37.3 Å². The molecule has 0 bridgehead atoms. The van der Waals surface area contributed by atoms with Crippen molar-refractivity contribution < 1.29 is 0 Å². The van der Waals surface area contributed by atoms with E-state index in [0.29, 0.717) is 5.92 Å². The molecule has 0 spiro atoms. The number of nitrogens with one attached hydrogen (secondary N) is 1. The molecule has 2 nitrogen and oxygen atoms in total. The SMILES string of the molecule is CC(C)=CC(NN)C1CCc2ccccc21. The smallest absolute Gasteiger partial charge is 0.0461 e. The van der Waals surface area contributed by atoms with E-state index in [4.69, 9.17) is 5.84 Å². The van der Waals surface area contributed by atoms with Gasteiger partial charge in [0.15, 0.2) is 0 Å². The second-order valence-corrected chi connectivity index (χ2v) is 4.78. The van der Waals surface area contributed by atoms with Crippen LogP contribution in [0.3, 0.4) is 0 Å². The highest BCUT2D eigenvalue weighted by Crippen LogP contribution is 2.35. The molecule has 2 unspecified atom stereocenters. The lowest BCUT2D eigenvalue weighted by Gasteiger charge is -2.21. The van der Waals surface area contributed by atoms with Gasteiger partial charge in [0.1, 0.15) is 0 Å². The molecule has 1 aromatic rings. The van der Waals surface area contributed by atoms with Gasteiger partial charge in [0, 0.05) is 12.0 Å². The molecule has 0 saturated carbocycles. The summed E-state index contributed by atoms with van der Waals surface area (Å²) >= 11 is 0. The third-order valence-corrected chi connectivity index (χ3v) is 3.32. The van der Waals surface area contributed by atoms with E-state index in [9.17, 15) is 0 Å². The van der Waals surface area contributed by atoms with Gasteiger partial charge in [-0.05, 0) is 37.8 Å². The van der Waals surface area contributed by atoms with Crippen LogP contribution in [-0.4, -0.2) is 6.04 Å². The van der Waals surface area contributed by atoms with Crippen molar-refractivity contribution in [1.29, 1.82) is 0 Å². The van der Waals surface area contributed by atoms with E-state index < -0.39 is 0 Å². The molecule has 0 radical (unpaired) electrons. The summed E-state index contributed by atoms with van der Waals surface area (Å²) < 4.78 is 0. The van der Waals surface area contributed by atoms with Gasteiger partial charge < -0.3 is 0 Å². The van der Waals surface area contributed by atoms with Gasteiger partial charge in [-0.15, -0.1) is 0 Å². The molecular weight excluding hydrogens is 196 g/mol. The van der Waals surface area contributed by atoms with Crippen molar-refractivity contribution in [2.75, 3.05) is 0 Å². The van der Waals surface area contributed by atoms with Crippen molar-refractivity contribution in [1.82, 2.24) is 5.43 Å². The normalized spacial score (nSPS) is 20.3. The van der Waals surface area contributed by atoms with E-state index >= 15 is 0 Å². The Bertz CT molecular complexity index is 391. The van der Waals surface area contributed by atoms with Crippen LogP contribution >= 0.6 is 0 Å². The van der Waals surface area contributed by atoms with Crippen LogP contribution in [0.25, 0.3) is 0 Å². The van der Waals surface area contributed by atoms with E-state index in [1.54, 1.807) is 0 Å². The monoisotopic (exact) mass is 216 g/mol. The van der Waals surface area contributed by atoms with E-state index in [2.05, 4.69) is 49.6 Å². The van der Waals surface area contributed by atoms with E-state index in [1.807, 2.05) is 0 Å². The summed E-state index contributed by atoms with van der Waals surface area (Å²) in [5.74, 6) is 6.19. The molecule has 3 N–H and O–H groups in total. The molecular formula is C14H20N2. The molecule has 1 aliphatic rings. The molecule has 1 aromatic carbocycles. The Morgan fingerprint density at radius 1 is 1.44 bits per heavy atom. The summed E-state index contributed by atoms with van der Waals surface area (Å²) in [5, 5.41) is 0. The summed E-state index contributed by atoms with van der Waals surface area (Å²) in [6, 6.07) is 8.95. The first-order valence-electron chi connectivity index (χ1n) is 5.91. The highest BCUT2D eigenvalue weighted by atomic mass is 15.2. The maximum Gasteiger partial charge on any atom is 0.0461 e. The first-order valence-corrected chi connectivity index (χ1v) is 5.91. The topological polar surface area (TPSA) is 38.0 Å². The summed E-state index contributed by atoms with van der Waals surface area (Å²) in [6.07, 6.45) is 4.60. The molecule has 1 aliphatic carbocycles. The molecule has 2 heteroatoms. The molecule has 0 heterocycles. The summed E-state index contributed by atoms with van der Waals surface area (Å²) in [5.41, 5.74) is 7.19. The third kappa shape index (κ3) is 2.18. The number of fused-ring (bicyclic) bond motifs is 1. The maximum absolute atomic E-state index is 5.66. The number of hydrogen-bond donors (Lipinski definition) is 2. The Kier molecular flexibility index (Phi) is 3.42. The predicted molar refractivity (Wildman–Crippen MR) is 68.0 cm³/mol. The van der Waals surface area contributed by atoms with Gasteiger partial charge in [0.05, 0.1) is 0 Å². The highest BCUT2D eigenvalue weighted by Gasteiger charge is 2.27. The van der Waals surface area contributed by atoms with Gasteiger partial charge in [-0.25, -0.2) is 0 Å². The number of hydrogen-bond acceptors (Lipinski definition) is 2. The fraction of sp³-hybridized carbons (Fsp3) is 0.429. The number of hydrazine groups is 1. The lowest BCUT2D eigenvalue weighted by molar-refractivity contribution is 0.505. The Labute approximate surface area is 97.5 Å². The van der Waals surface area contributed by atoms with Crippen LogP contribution in [-0.2, 0) is 6.42 Å². The van der Waals surface area contributed by atoms with Crippen molar-refractivity contribution in [3.05, 3.63) is 47.0 Å². The lowest BCUT2D eigenvalue weighted by Crippen LogP contribution is -2.37. The van der Waals surface area contributed by atoms with Gasteiger partial charge in [-0.1, -0.05) is 35.9 Å². The van der Waals surface area contributed by atoms with Crippen LogP contribution in [0.4, 0.5) is 0 Å². The van der Waals surface area contributed by atoms with Crippen molar-refractivity contribution in [3.63, 3.8) is 0 Å². The molecule has 0 amide bonds. The van der Waals surface area contributed by atoms with Gasteiger partial charge in [0.2, 0.25) is 0 Å². The van der Waals surface area contributed by atoms with Crippen molar-refractivity contribution >= 4 is 0 Å². The molecule has 0 aliphatic heterocycles. The predicted octanol–water partition coefficient (Wildman–Crippen LogP) is 2.51.